The van der Waals surface area contributed by atoms with Crippen LogP contribution in [0.4, 0.5) is 0 Å². The molecule has 2 aliphatic rings. The summed E-state index contributed by atoms with van der Waals surface area (Å²) in [6, 6.07) is 36.2. The third kappa shape index (κ3) is 4.82. The van der Waals surface area contributed by atoms with E-state index in [0.717, 1.165) is 22.4 Å². The molecule has 2 heteroatoms. The summed E-state index contributed by atoms with van der Waals surface area (Å²) >= 11 is 0. The standard InChI is InChI=1S/2C13H9.C2H7Si.Zr/c2*1-3-7-12-10(5-1)9-11-6-2-4-8-13(11)12;1-3-2;/h2*1-5,7-8H,9H2;3H,1-2H3;/q2*-1;;+2. The maximum atomic E-state index is 3.30. The number of rotatable bonds is 0. The molecule has 0 amide bonds. The third-order valence-corrected chi connectivity index (χ3v) is 5.23. The second-order valence-corrected chi connectivity index (χ2v) is 8.52. The van der Waals surface area contributed by atoms with Crippen molar-refractivity contribution in [3.8, 4) is 22.3 Å². The van der Waals surface area contributed by atoms with E-state index in [0.29, 0.717) is 0 Å². The van der Waals surface area contributed by atoms with Gasteiger partial charge in [-0.05, 0) is 12.8 Å². The quantitative estimate of drug-likeness (QED) is 0.169. The van der Waals surface area contributed by atoms with E-state index in [1.54, 1.807) is 0 Å². The smallest absolute Gasteiger partial charge is 0.179 e. The molecular formula is C28H25SiZr. The minimum Gasteiger partial charge on any atom is -0.179 e. The van der Waals surface area contributed by atoms with E-state index in [-0.39, 0.29) is 26.2 Å². The van der Waals surface area contributed by atoms with E-state index in [9.17, 15) is 0 Å². The van der Waals surface area contributed by atoms with Gasteiger partial charge in [-0.3, -0.25) is 0 Å². The maximum absolute atomic E-state index is 3.30. The summed E-state index contributed by atoms with van der Waals surface area (Å²) in [6.07, 6.45) is 2.10. The van der Waals surface area contributed by atoms with Crippen molar-refractivity contribution in [1.82, 2.24) is 0 Å². The third-order valence-electron chi connectivity index (χ3n) is 5.23. The maximum Gasteiger partial charge on any atom is 2.00 e. The molecular weight excluding hydrogens is 456 g/mol. The molecule has 0 aliphatic heterocycles. The molecule has 2 aliphatic carbocycles. The Kier molecular flexibility index (Phi) is 8.19. The van der Waals surface area contributed by atoms with Crippen molar-refractivity contribution in [2.75, 3.05) is 0 Å². The molecule has 145 valence electrons. The molecule has 0 bridgehead atoms. The van der Waals surface area contributed by atoms with Crippen LogP contribution in [-0.2, 0) is 39.0 Å². The van der Waals surface area contributed by atoms with Crippen LogP contribution in [0.1, 0.15) is 22.3 Å². The monoisotopic (exact) mass is 479 g/mol. The van der Waals surface area contributed by atoms with Crippen molar-refractivity contribution in [2.45, 2.75) is 25.9 Å². The molecule has 30 heavy (non-hydrogen) atoms. The summed E-state index contributed by atoms with van der Waals surface area (Å²) < 4.78 is 0. The SMILES string of the molecule is C[SiH]C.[Zr+2].[c-]1cccc2c1Cc1ccccc1-2.[c-]1cccc2c1Cc1ccccc1-2. The Labute approximate surface area is 202 Å². The van der Waals surface area contributed by atoms with E-state index < -0.39 is 0 Å². The van der Waals surface area contributed by atoms with Gasteiger partial charge < -0.3 is 0 Å². The Morgan fingerprint density at radius 2 is 0.933 bits per heavy atom. The number of benzene rings is 4. The molecule has 4 aromatic carbocycles. The van der Waals surface area contributed by atoms with Crippen molar-refractivity contribution >= 4 is 9.52 Å². The van der Waals surface area contributed by atoms with Crippen LogP contribution in [0.25, 0.3) is 22.3 Å². The molecule has 0 saturated heterocycles. The van der Waals surface area contributed by atoms with Crippen LogP contribution < -0.4 is 0 Å². The van der Waals surface area contributed by atoms with E-state index in [2.05, 4.69) is 98.0 Å². The first-order valence-corrected chi connectivity index (χ1v) is 12.5. The average Bonchev–Trinajstić information content (AvgIpc) is 3.33. The fourth-order valence-electron chi connectivity index (χ4n) is 4.00. The predicted molar refractivity (Wildman–Crippen MR) is 126 cm³/mol. The van der Waals surface area contributed by atoms with Gasteiger partial charge in [-0.15, -0.1) is 11.1 Å². The Hall–Kier alpha value is -2.02. The van der Waals surface area contributed by atoms with Crippen molar-refractivity contribution < 1.29 is 26.2 Å². The predicted octanol–water partition coefficient (Wildman–Crippen LogP) is 6.63. The van der Waals surface area contributed by atoms with Crippen LogP contribution >= 0.6 is 0 Å². The molecule has 0 saturated carbocycles. The van der Waals surface area contributed by atoms with Gasteiger partial charge in [-0.25, -0.2) is 0 Å². The summed E-state index contributed by atoms with van der Waals surface area (Å²) in [7, 11) is 0.750. The summed E-state index contributed by atoms with van der Waals surface area (Å²) in [5.74, 6) is 0. The van der Waals surface area contributed by atoms with Crippen LogP contribution in [0.15, 0.2) is 84.9 Å². The minimum atomic E-state index is 0. The molecule has 0 fully saturated rings. The summed E-state index contributed by atoms with van der Waals surface area (Å²) in [5, 5.41) is 0. The molecule has 0 heterocycles. The van der Waals surface area contributed by atoms with Crippen LogP contribution in [0, 0.1) is 12.1 Å². The van der Waals surface area contributed by atoms with Gasteiger partial charge >= 0.3 is 26.2 Å². The van der Waals surface area contributed by atoms with Gasteiger partial charge in [0.1, 0.15) is 0 Å². The first-order valence-electron chi connectivity index (χ1n) is 10.2. The molecule has 4 aromatic rings. The second-order valence-electron chi connectivity index (χ2n) is 7.37. The zero-order chi connectivity index (χ0) is 20.1. The number of hydrogen-bond acceptors (Lipinski definition) is 0. The largest absolute Gasteiger partial charge is 2.00 e. The molecule has 0 unspecified atom stereocenters. The van der Waals surface area contributed by atoms with Crippen molar-refractivity contribution in [3.63, 3.8) is 0 Å². The van der Waals surface area contributed by atoms with E-state index in [1.807, 2.05) is 12.1 Å². The summed E-state index contributed by atoms with van der Waals surface area (Å²) in [5.41, 5.74) is 11.0. The average molecular weight is 481 g/mol. The van der Waals surface area contributed by atoms with Crippen LogP contribution in [0.2, 0.25) is 13.1 Å². The van der Waals surface area contributed by atoms with Gasteiger partial charge in [-0.1, -0.05) is 83.9 Å². The van der Waals surface area contributed by atoms with Gasteiger partial charge in [-0.2, -0.15) is 59.7 Å². The second kappa shape index (κ2) is 10.8. The first-order chi connectivity index (χ1) is 14.3. The first kappa shape index (κ1) is 22.7. The van der Waals surface area contributed by atoms with Gasteiger partial charge in [0.25, 0.3) is 0 Å². The molecule has 1 radical (unpaired) electrons. The Bertz CT molecular complexity index is 941. The Balaban J connectivity index is 0.000000147. The van der Waals surface area contributed by atoms with Crippen molar-refractivity contribution in [2.24, 2.45) is 0 Å². The molecule has 6 rings (SSSR count). The van der Waals surface area contributed by atoms with Crippen LogP contribution in [-0.4, -0.2) is 9.52 Å². The summed E-state index contributed by atoms with van der Waals surface area (Å²) in [4.78, 5) is 0. The zero-order valence-electron chi connectivity index (χ0n) is 17.6. The molecule has 0 spiro atoms. The fourth-order valence-corrected chi connectivity index (χ4v) is 4.00. The van der Waals surface area contributed by atoms with Gasteiger partial charge in [0.05, 0.1) is 0 Å². The van der Waals surface area contributed by atoms with E-state index >= 15 is 0 Å². The summed E-state index contributed by atoms with van der Waals surface area (Å²) in [6.45, 7) is 4.42. The van der Waals surface area contributed by atoms with Crippen molar-refractivity contribution in [1.29, 1.82) is 0 Å². The molecule has 0 nitrogen and oxygen atoms in total. The normalized spacial score (nSPS) is 11.3. The van der Waals surface area contributed by atoms with Gasteiger partial charge in [0, 0.05) is 9.52 Å². The zero-order valence-corrected chi connectivity index (χ0v) is 21.2. The van der Waals surface area contributed by atoms with Crippen LogP contribution in [0.5, 0.6) is 0 Å². The van der Waals surface area contributed by atoms with Gasteiger partial charge in [0.15, 0.2) is 0 Å². The Morgan fingerprint density at radius 3 is 1.37 bits per heavy atom. The van der Waals surface area contributed by atoms with Gasteiger partial charge in [0.2, 0.25) is 0 Å². The molecule has 0 atom stereocenters. The Morgan fingerprint density at radius 1 is 0.567 bits per heavy atom. The number of fused-ring (bicyclic) bond motifs is 6. The van der Waals surface area contributed by atoms with Crippen molar-refractivity contribution in [3.05, 3.63) is 119 Å². The minimum absolute atomic E-state index is 0. The topological polar surface area (TPSA) is 0 Å². The van der Waals surface area contributed by atoms with Crippen LogP contribution in [0.3, 0.4) is 0 Å². The fraction of sp³-hybridized carbons (Fsp3) is 0.143. The van der Waals surface area contributed by atoms with E-state index in [4.69, 9.17) is 0 Å². The molecule has 0 aromatic heterocycles. The van der Waals surface area contributed by atoms with E-state index in [1.165, 1.54) is 44.5 Å². The molecule has 0 N–H and O–H groups in total. The number of hydrogen-bond donors (Lipinski definition) is 0.